The fourth-order valence-electron chi connectivity index (χ4n) is 2.16. The molecule has 1 aliphatic rings. The number of anilines is 1. The topological polar surface area (TPSA) is 29.3 Å². The summed E-state index contributed by atoms with van der Waals surface area (Å²) < 4.78 is 0. The molecule has 0 aliphatic heterocycles. The molecule has 2 nitrogen and oxygen atoms in total. The Morgan fingerprint density at radius 2 is 2.06 bits per heavy atom. The van der Waals surface area contributed by atoms with Crippen molar-refractivity contribution in [2.45, 2.75) is 32.7 Å². The van der Waals surface area contributed by atoms with E-state index in [0.29, 0.717) is 16.9 Å². The number of nitrogens with two attached hydrogens (primary N) is 1. The van der Waals surface area contributed by atoms with Gasteiger partial charge in [-0.25, -0.2) is 0 Å². The summed E-state index contributed by atoms with van der Waals surface area (Å²) in [4.78, 5) is 2.97. The van der Waals surface area contributed by atoms with Gasteiger partial charge in [-0.2, -0.15) is 0 Å². The minimum Gasteiger partial charge on any atom is -0.389 e. The summed E-state index contributed by atoms with van der Waals surface area (Å²) in [5, 5.41) is 0. The zero-order valence-electron chi connectivity index (χ0n) is 10.5. The van der Waals surface area contributed by atoms with Crippen molar-refractivity contribution < 1.29 is 0 Å². The van der Waals surface area contributed by atoms with Gasteiger partial charge in [-0.05, 0) is 30.9 Å². The molecule has 1 saturated carbocycles. The molecule has 0 amide bonds. The van der Waals surface area contributed by atoms with Gasteiger partial charge in [0.05, 0.1) is 0 Å². The number of rotatable bonds is 5. The van der Waals surface area contributed by atoms with E-state index in [2.05, 4.69) is 30.9 Å². The highest BCUT2D eigenvalue weighted by Gasteiger charge is 2.30. The average molecular weight is 248 g/mol. The van der Waals surface area contributed by atoms with Crippen LogP contribution < -0.4 is 10.6 Å². The van der Waals surface area contributed by atoms with Crippen molar-refractivity contribution in [2.75, 3.05) is 11.4 Å². The fraction of sp³-hybridized carbons (Fsp3) is 0.500. The SMILES string of the molecule is CC(C)CN(c1ccccc1C(N)=S)C1CC1. The van der Waals surface area contributed by atoms with Gasteiger partial charge in [0, 0.05) is 23.8 Å². The zero-order valence-corrected chi connectivity index (χ0v) is 11.3. The summed E-state index contributed by atoms with van der Waals surface area (Å²) in [7, 11) is 0. The summed E-state index contributed by atoms with van der Waals surface area (Å²) in [5.41, 5.74) is 8.02. The van der Waals surface area contributed by atoms with Crippen molar-refractivity contribution in [1.82, 2.24) is 0 Å². The van der Waals surface area contributed by atoms with Gasteiger partial charge in [0.25, 0.3) is 0 Å². The fourth-order valence-corrected chi connectivity index (χ4v) is 2.33. The van der Waals surface area contributed by atoms with Gasteiger partial charge in [-0.1, -0.05) is 38.2 Å². The highest BCUT2D eigenvalue weighted by molar-refractivity contribution is 7.80. The van der Waals surface area contributed by atoms with Crippen LogP contribution in [0.15, 0.2) is 24.3 Å². The van der Waals surface area contributed by atoms with Crippen LogP contribution in [0.2, 0.25) is 0 Å². The Labute approximate surface area is 109 Å². The summed E-state index contributed by atoms with van der Waals surface area (Å²) in [6, 6.07) is 8.90. The first-order valence-corrected chi connectivity index (χ1v) is 6.66. The number of hydrogen-bond donors (Lipinski definition) is 1. The predicted molar refractivity (Wildman–Crippen MR) is 77.5 cm³/mol. The molecular weight excluding hydrogens is 228 g/mol. The number of thiocarbonyl (C=S) groups is 1. The third-order valence-electron chi connectivity index (χ3n) is 3.03. The second-order valence-corrected chi connectivity index (χ2v) is 5.60. The van der Waals surface area contributed by atoms with Crippen molar-refractivity contribution in [3.8, 4) is 0 Å². The lowest BCUT2D eigenvalue weighted by atomic mass is 10.1. The van der Waals surface area contributed by atoms with Crippen LogP contribution in [0.4, 0.5) is 5.69 Å². The molecule has 0 atom stereocenters. The molecule has 0 spiro atoms. The molecule has 2 rings (SSSR count). The molecule has 0 aromatic heterocycles. The highest BCUT2D eigenvalue weighted by atomic mass is 32.1. The zero-order chi connectivity index (χ0) is 12.4. The number of hydrogen-bond acceptors (Lipinski definition) is 2. The minimum absolute atomic E-state index is 0.495. The summed E-state index contributed by atoms with van der Waals surface area (Å²) in [6.07, 6.45) is 2.58. The third-order valence-corrected chi connectivity index (χ3v) is 3.25. The monoisotopic (exact) mass is 248 g/mol. The molecule has 0 bridgehead atoms. The Hall–Kier alpha value is -1.09. The van der Waals surface area contributed by atoms with E-state index in [9.17, 15) is 0 Å². The second kappa shape index (κ2) is 5.05. The quantitative estimate of drug-likeness (QED) is 0.812. The van der Waals surface area contributed by atoms with Gasteiger partial charge in [-0.15, -0.1) is 0 Å². The lowest BCUT2D eigenvalue weighted by Gasteiger charge is -2.28. The van der Waals surface area contributed by atoms with Crippen molar-refractivity contribution in [3.63, 3.8) is 0 Å². The first-order chi connectivity index (χ1) is 8.09. The van der Waals surface area contributed by atoms with E-state index in [4.69, 9.17) is 18.0 Å². The molecule has 17 heavy (non-hydrogen) atoms. The largest absolute Gasteiger partial charge is 0.389 e. The van der Waals surface area contributed by atoms with E-state index < -0.39 is 0 Å². The molecule has 92 valence electrons. The predicted octanol–water partition coefficient (Wildman–Crippen LogP) is 2.95. The van der Waals surface area contributed by atoms with Crippen molar-refractivity contribution in [3.05, 3.63) is 29.8 Å². The van der Waals surface area contributed by atoms with Crippen molar-refractivity contribution in [1.29, 1.82) is 0 Å². The van der Waals surface area contributed by atoms with Gasteiger partial charge < -0.3 is 10.6 Å². The summed E-state index contributed by atoms with van der Waals surface area (Å²) >= 11 is 5.14. The van der Waals surface area contributed by atoms with E-state index in [1.807, 2.05) is 12.1 Å². The van der Waals surface area contributed by atoms with Crippen LogP contribution in [0.5, 0.6) is 0 Å². The molecule has 0 radical (unpaired) electrons. The molecule has 0 saturated heterocycles. The van der Waals surface area contributed by atoms with Crippen LogP contribution in [0.25, 0.3) is 0 Å². The van der Waals surface area contributed by atoms with Crippen LogP contribution in [-0.4, -0.2) is 17.6 Å². The van der Waals surface area contributed by atoms with E-state index in [1.54, 1.807) is 0 Å². The van der Waals surface area contributed by atoms with E-state index >= 15 is 0 Å². The number of benzene rings is 1. The molecule has 1 aromatic rings. The van der Waals surface area contributed by atoms with Crippen molar-refractivity contribution >= 4 is 22.9 Å². The molecule has 1 aliphatic carbocycles. The maximum Gasteiger partial charge on any atom is 0.106 e. The molecular formula is C14H20N2S. The van der Waals surface area contributed by atoms with E-state index in [-0.39, 0.29) is 0 Å². The van der Waals surface area contributed by atoms with E-state index in [1.165, 1.54) is 18.5 Å². The summed E-state index contributed by atoms with van der Waals surface area (Å²) in [6.45, 7) is 5.57. The lowest BCUT2D eigenvalue weighted by molar-refractivity contribution is 0.607. The van der Waals surface area contributed by atoms with Crippen LogP contribution >= 0.6 is 12.2 Å². The smallest absolute Gasteiger partial charge is 0.106 e. The average Bonchev–Trinajstić information content (AvgIpc) is 3.09. The van der Waals surface area contributed by atoms with Crippen LogP contribution in [-0.2, 0) is 0 Å². The van der Waals surface area contributed by atoms with Gasteiger partial charge >= 0.3 is 0 Å². The molecule has 0 unspecified atom stereocenters. The second-order valence-electron chi connectivity index (χ2n) is 5.16. The maximum atomic E-state index is 5.81. The Morgan fingerprint density at radius 3 is 2.59 bits per heavy atom. The van der Waals surface area contributed by atoms with Gasteiger partial charge in [-0.3, -0.25) is 0 Å². The molecule has 3 heteroatoms. The minimum atomic E-state index is 0.495. The Morgan fingerprint density at radius 1 is 1.41 bits per heavy atom. The number of para-hydroxylation sites is 1. The molecule has 0 heterocycles. The Balaban J connectivity index is 2.31. The first kappa shape index (κ1) is 12.4. The molecule has 1 fully saturated rings. The lowest BCUT2D eigenvalue weighted by Crippen LogP contribution is -2.31. The summed E-state index contributed by atoms with van der Waals surface area (Å²) in [5.74, 6) is 0.648. The molecule has 1 aromatic carbocycles. The van der Waals surface area contributed by atoms with Crippen LogP contribution in [0.1, 0.15) is 32.3 Å². The normalized spacial score (nSPS) is 15.0. The third kappa shape index (κ3) is 2.97. The highest BCUT2D eigenvalue weighted by Crippen LogP contribution is 2.34. The molecule has 2 N–H and O–H groups in total. The first-order valence-electron chi connectivity index (χ1n) is 6.25. The standard InChI is InChI=1S/C14H20N2S/c1-10(2)9-16(11-7-8-11)13-6-4-3-5-12(13)14(15)17/h3-6,10-11H,7-9H2,1-2H3,(H2,15,17). The van der Waals surface area contributed by atoms with Crippen LogP contribution in [0, 0.1) is 5.92 Å². The maximum absolute atomic E-state index is 5.81. The Bertz CT molecular complexity index is 410. The van der Waals surface area contributed by atoms with Gasteiger partial charge in [0.15, 0.2) is 0 Å². The Kier molecular flexibility index (Phi) is 3.67. The van der Waals surface area contributed by atoms with E-state index in [0.717, 1.165) is 12.1 Å². The van der Waals surface area contributed by atoms with Gasteiger partial charge in [0.1, 0.15) is 4.99 Å². The van der Waals surface area contributed by atoms with Crippen LogP contribution in [0.3, 0.4) is 0 Å². The number of nitrogens with zero attached hydrogens (tertiary/aromatic N) is 1. The van der Waals surface area contributed by atoms with Crippen molar-refractivity contribution in [2.24, 2.45) is 11.7 Å². The van der Waals surface area contributed by atoms with Gasteiger partial charge in [0.2, 0.25) is 0 Å².